The van der Waals surface area contributed by atoms with Crippen molar-refractivity contribution in [3.63, 3.8) is 0 Å². The van der Waals surface area contributed by atoms with E-state index in [1.165, 1.54) is 11.8 Å². The first-order chi connectivity index (χ1) is 9.31. The van der Waals surface area contributed by atoms with Crippen molar-refractivity contribution in [2.75, 3.05) is 26.2 Å². The number of nitrogens with zero attached hydrogens (tertiary/aromatic N) is 2. The molecular weight excluding hydrogens is 270 g/mol. The van der Waals surface area contributed by atoms with Crippen LogP contribution in [0.4, 0.5) is 4.79 Å². The van der Waals surface area contributed by atoms with Crippen LogP contribution in [0.3, 0.4) is 0 Å². The predicted molar refractivity (Wildman–Crippen MR) is 66.0 cm³/mol. The number of nitrogens with one attached hydrogen (secondary N) is 1. The molecule has 20 heavy (non-hydrogen) atoms. The van der Waals surface area contributed by atoms with Crippen LogP contribution in [0.15, 0.2) is 0 Å². The topological polar surface area (TPSA) is 127 Å². The van der Waals surface area contributed by atoms with Gasteiger partial charge in [-0.2, -0.15) is 0 Å². The molecular formula is C11H17N3O6. The third-order valence-electron chi connectivity index (χ3n) is 2.99. The van der Waals surface area contributed by atoms with Crippen molar-refractivity contribution in [3.8, 4) is 0 Å². The molecule has 0 saturated carbocycles. The number of carbonyl (C=O) groups excluding carboxylic acids is 2. The van der Waals surface area contributed by atoms with Gasteiger partial charge in [-0.15, -0.1) is 0 Å². The summed E-state index contributed by atoms with van der Waals surface area (Å²) in [6.45, 7) is 2.75. The lowest BCUT2D eigenvalue weighted by molar-refractivity contribution is -0.145. The van der Waals surface area contributed by atoms with Crippen molar-refractivity contribution in [2.45, 2.75) is 19.4 Å². The van der Waals surface area contributed by atoms with E-state index in [4.69, 9.17) is 10.2 Å². The highest BCUT2D eigenvalue weighted by molar-refractivity contribution is 5.86. The minimum absolute atomic E-state index is 0.0839. The Hall–Kier alpha value is -2.32. The standard InChI is InChI=1S/C11H17N3O6/c1-7(15)13-2-4-14(5-3-13)11(20)12-8(10(18)19)6-9(16)17/h8H,2-6H2,1H3,(H,12,20)(H,16,17)(H,18,19)/t8-/m1/s1. The van der Waals surface area contributed by atoms with Gasteiger partial charge in [0.15, 0.2) is 0 Å². The molecule has 0 aromatic heterocycles. The summed E-state index contributed by atoms with van der Waals surface area (Å²) < 4.78 is 0. The Labute approximate surface area is 115 Å². The van der Waals surface area contributed by atoms with Crippen molar-refractivity contribution < 1.29 is 29.4 Å². The normalized spacial score (nSPS) is 16.4. The van der Waals surface area contributed by atoms with E-state index in [9.17, 15) is 19.2 Å². The molecule has 1 heterocycles. The molecule has 9 heteroatoms. The lowest BCUT2D eigenvalue weighted by Gasteiger charge is -2.34. The van der Waals surface area contributed by atoms with Gasteiger partial charge in [-0.05, 0) is 0 Å². The van der Waals surface area contributed by atoms with Crippen LogP contribution in [0.2, 0.25) is 0 Å². The molecule has 0 radical (unpaired) electrons. The maximum Gasteiger partial charge on any atom is 0.326 e. The van der Waals surface area contributed by atoms with Crippen molar-refractivity contribution in [3.05, 3.63) is 0 Å². The smallest absolute Gasteiger partial charge is 0.326 e. The van der Waals surface area contributed by atoms with Gasteiger partial charge >= 0.3 is 18.0 Å². The fourth-order valence-corrected chi connectivity index (χ4v) is 1.84. The molecule has 0 bridgehead atoms. The van der Waals surface area contributed by atoms with Crippen LogP contribution in [0.25, 0.3) is 0 Å². The zero-order chi connectivity index (χ0) is 15.3. The lowest BCUT2D eigenvalue weighted by Crippen LogP contribution is -2.55. The molecule has 0 aromatic rings. The summed E-state index contributed by atoms with van der Waals surface area (Å²) in [6, 6.07) is -2.10. The summed E-state index contributed by atoms with van der Waals surface area (Å²) >= 11 is 0. The number of piperazine rings is 1. The van der Waals surface area contributed by atoms with E-state index in [2.05, 4.69) is 5.32 Å². The largest absolute Gasteiger partial charge is 0.481 e. The molecule has 0 aromatic carbocycles. The maximum absolute atomic E-state index is 11.8. The second-order valence-corrected chi connectivity index (χ2v) is 4.43. The van der Waals surface area contributed by atoms with E-state index in [0.29, 0.717) is 13.1 Å². The minimum atomic E-state index is -1.47. The third-order valence-corrected chi connectivity index (χ3v) is 2.99. The van der Waals surface area contributed by atoms with Gasteiger partial charge in [0.05, 0.1) is 6.42 Å². The summed E-state index contributed by atoms with van der Waals surface area (Å²) in [5, 5.41) is 19.6. The van der Waals surface area contributed by atoms with E-state index < -0.39 is 30.4 Å². The van der Waals surface area contributed by atoms with Gasteiger partial charge in [0, 0.05) is 33.1 Å². The van der Waals surface area contributed by atoms with E-state index in [1.807, 2.05) is 0 Å². The Morgan fingerprint density at radius 2 is 1.55 bits per heavy atom. The van der Waals surface area contributed by atoms with E-state index in [0.717, 1.165) is 0 Å². The lowest BCUT2D eigenvalue weighted by atomic mass is 10.2. The van der Waals surface area contributed by atoms with Gasteiger partial charge in [0.2, 0.25) is 5.91 Å². The molecule has 0 aliphatic carbocycles. The highest BCUT2D eigenvalue weighted by Crippen LogP contribution is 2.03. The van der Waals surface area contributed by atoms with Crippen LogP contribution in [0.1, 0.15) is 13.3 Å². The van der Waals surface area contributed by atoms with Gasteiger partial charge in [0.1, 0.15) is 6.04 Å². The number of amides is 3. The molecule has 112 valence electrons. The average molecular weight is 287 g/mol. The van der Waals surface area contributed by atoms with Crippen molar-refractivity contribution in [1.29, 1.82) is 0 Å². The first-order valence-electron chi connectivity index (χ1n) is 6.06. The Morgan fingerprint density at radius 1 is 1.05 bits per heavy atom. The van der Waals surface area contributed by atoms with Gasteiger partial charge in [0.25, 0.3) is 0 Å². The number of aliphatic carboxylic acids is 2. The zero-order valence-corrected chi connectivity index (χ0v) is 11.0. The third kappa shape index (κ3) is 4.41. The van der Waals surface area contributed by atoms with E-state index in [-0.39, 0.29) is 19.0 Å². The van der Waals surface area contributed by atoms with E-state index >= 15 is 0 Å². The molecule has 0 spiro atoms. The molecule has 0 unspecified atom stereocenters. The first-order valence-corrected chi connectivity index (χ1v) is 6.06. The summed E-state index contributed by atoms with van der Waals surface area (Å²) in [7, 11) is 0. The molecule has 1 saturated heterocycles. The van der Waals surface area contributed by atoms with Crippen LogP contribution in [-0.4, -0.2) is 76.1 Å². The summed E-state index contributed by atoms with van der Waals surface area (Å²) in [5.74, 6) is -2.79. The molecule has 3 N–H and O–H groups in total. The van der Waals surface area contributed by atoms with Crippen molar-refractivity contribution in [1.82, 2.24) is 15.1 Å². The second-order valence-electron chi connectivity index (χ2n) is 4.43. The summed E-state index contributed by atoms with van der Waals surface area (Å²) in [6.07, 6.45) is -0.686. The molecule has 1 atom stereocenters. The van der Waals surface area contributed by atoms with Crippen LogP contribution >= 0.6 is 0 Å². The summed E-state index contributed by atoms with van der Waals surface area (Å²) in [5.41, 5.74) is 0. The highest BCUT2D eigenvalue weighted by atomic mass is 16.4. The monoisotopic (exact) mass is 287 g/mol. The second kappa shape index (κ2) is 6.73. The molecule has 1 rings (SSSR count). The number of carboxylic acids is 2. The Morgan fingerprint density at radius 3 is 1.95 bits per heavy atom. The zero-order valence-electron chi connectivity index (χ0n) is 11.0. The first kappa shape index (κ1) is 15.7. The van der Waals surface area contributed by atoms with Crippen LogP contribution < -0.4 is 5.32 Å². The number of urea groups is 1. The van der Waals surface area contributed by atoms with Gasteiger partial charge in [-0.1, -0.05) is 0 Å². The number of carboxylic acid groups (broad SMARTS) is 2. The molecule has 1 aliphatic rings. The molecule has 3 amide bonds. The molecule has 9 nitrogen and oxygen atoms in total. The maximum atomic E-state index is 11.8. The summed E-state index contributed by atoms with van der Waals surface area (Å²) in [4.78, 5) is 47.3. The van der Waals surface area contributed by atoms with Crippen LogP contribution in [0, 0.1) is 0 Å². The highest BCUT2D eigenvalue weighted by Gasteiger charge is 2.27. The van der Waals surface area contributed by atoms with Gasteiger partial charge in [-0.25, -0.2) is 9.59 Å². The Bertz CT molecular complexity index is 416. The number of hydrogen-bond donors (Lipinski definition) is 3. The van der Waals surface area contributed by atoms with Crippen LogP contribution in [-0.2, 0) is 14.4 Å². The number of hydrogen-bond acceptors (Lipinski definition) is 4. The van der Waals surface area contributed by atoms with E-state index in [1.54, 1.807) is 4.90 Å². The fraction of sp³-hybridized carbons (Fsp3) is 0.636. The van der Waals surface area contributed by atoms with Gasteiger partial charge in [-0.3, -0.25) is 9.59 Å². The van der Waals surface area contributed by atoms with Crippen molar-refractivity contribution >= 4 is 23.9 Å². The van der Waals surface area contributed by atoms with Crippen molar-refractivity contribution in [2.24, 2.45) is 0 Å². The fourth-order valence-electron chi connectivity index (χ4n) is 1.84. The molecule has 1 fully saturated rings. The minimum Gasteiger partial charge on any atom is -0.481 e. The van der Waals surface area contributed by atoms with Crippen LogP contribution in [0.5, 0.6) is 0 Å². The quantitative estimate of drug-likeness (QED) is 0.595. The predicted octanol–water partition coefficient (Wildman–Crippen LogP) is -1.21. The molecule has 1 aliphatic heterocycles. The van der Waals surface area contributed by atoms with Gasteiger partial charge < -0.3 is 25.3 Å². The SMILES string of the molecule is CC(=O)N1CCN(C(=O)N[C@H](CC(=O)O)C(=O)O)CC1. The Kier molecular flexibility index (Phi) is 5.30. The number of rotatable bonds is 4. The average Bonchev–Trinajstić information content (AvgIpc) is 2.37. The Balaban J connectivity index is 2.52. The number of carbonyl (C=O) groups is 4.